The summed E-state index contributed by atoms with van der Waals surface area (Å²) >= 11 is 1.61. The van der Waals surface area contributed by atoms with Crippen LogP contribution in [0.3, 0.4) is 0 Å². The average Bonchev–Trinajstić information content (AvgIpc) is 3.02. The zero-order valence-electron chi connectivity index (χ0n) is 13.3. The SMILES string of the molecule is CC(C)c1csc(CCNC(=O)CNC(=O)c2ccccc2)n1. The van der Waals surface area contributed by atoms with Gasteiger partial charge in [0.25, 0.3) is 5.91 Å². The first-order valence-electron chi connectivity index (χ1n) is 7.60. The maximum atomic E-state index is 11.8. The molecule has 0 saturated carbocycles. The molecule has 0 unspecified atom stereocenters. The maximum absolute atomic E-state index is 11.8. The second-order valence-electron chi connectivity index (χ2n) is 5.47. The van der Waals surface area contributed by atoms with Gasteiger partial charge < -0.3 is 10.6 Å². The van der Waals surface area contributed by atoms with Gasteiger partial charge >= 0.3 is 0 Å². The van der Waals surface area contributed by atoms with E-state index in [-0.39, 0.29) is 18.4 Å². The van der Waals surface area contributed by atoms with Gasteiger partial charge in [-0.15, -0.1) is 11.3 Å². The molecule has 0 radical (unpaired) electrons. The lowest BCUT2D eigenvalue weighted by molar-refractivity contribution is -0.120. The molecule has 0 bridgehead atoms. The first kappa shape index (κ1) is 17.1. The number of hydrogen-bond donors (Lipinski definition) is 2. The molecule has 2 aromatic rings. The Morgan fingerprint density at radius 3 is 2.57 bits per heavy atom. The Labute approximate surface area is 140 Å². The van der Waals surface area contributed by atoms with Crippen molar-refractivity contribution in [2.45, 2.75) is 26.2 Å². The third-order valence-electron chi connectivity index (χ3n) is 3.27. The molecule has 23 heavy (non-hydrogen) atoms. The molecule has 0 spiro atoms. The molecule has 0 aliphatic heterocycles. The zero-order valence-corrected chi connectivity index (χ0v) is 14.2. The van der Waals surface area contributed by atoms with E-state index in [2.05, 4.69) is 34.8 Å². The fourth-order valence-electron chi connectivity index (χ4n) is 1.93. The summed E-state index contributed by atoms with van der Waals surface area (Å²) in [7, 11) is 0. The normalized spacial score (nSPS) is 10.6. The number of rotatable bonds is 7. The second kappa shape index (κ2) is 8.43. The molecule has 0 atom stereocenters. The molecular formula is C17H21N3O2S. The van der Waals surface area contributed by atoms with Crippen LogP contribution >= 0.6 is 11.3 Å². The summed E-state index contributed by atoms with van der Waals surface area (Å²) in [6.45, 7) is 4.71. The molecule has 0 saturated heterocycles. The maximum Gasteiger partial charge on any atom is 0.251 e. The highest BCUT2D eigenvalue weighted by Gasteiger charge is 2.08. The monoisotopic (exact) mass is 331 g/mol. The van der Waals surface area contributed by atoms with Crippen molar-refractivity contribution in [3.63, 3.8) is 0 Å². The Bertz CT molecular complexity index is 653. The molecule has 0 aliphatic rings. The Hall–Kier alpha value is -2.21. The van der Waals surface area contributed by atoms with Crippen LogP contribution in [-0.4, -0.2) is 29.9 Å². The van der Waals surface area contributed by atoms with Gasteiger partial charge in [-0.2, -0.15) is 0 Å². The van der Waals surface area contributed by atoms with E-state index in [1.54, 1.807) is 35.6 Å². The van der Waals surface area contributed by atoms with Crippen LogP contribution < -0.4 is 10.6 Å². The van der Waals surface area contributed by atoms with Crippen LogP contribution in [0.4, 0.5) is 0 Å². The molecule has 122 valence electrons. The van der Waals surface area contributed by atoms with Crippen molar-refractivity contribution in [2.24, 2.45) is 0 Å². The van der Waals surface area contributed by atoms with Gasteiger partial charge in [-0.25, -0.2) is 4.98 Å². The fourth-order valence-corrected chi connectivity index (χ4v) is 2.89. The van der Waals surface area contributed by atoms with Crippen LogP contribution in [0.25, 0.3) is 0 Å². The lowest BCUT2D eigenvalue weighted by Gasteiger charge is -2.06. The Kier molecular flexibility index (Phi) is 6.29. The summed E-state index contributed by atoms with van der Waals surface area (Å²) in [5.74, 6) is -0.0278. The van der Waals surface area contributed by atoms with E-state index in [4.69, 9.17) is 0 Å². The fraction of sp³-hybridized carbons (Fsp3) is 0.353. The lowest BCUT2D eigenvalue weighted by Crippen LogP contribution is -2.37. The van der Waals surface area contributed by atoms with Gasteiger partial charge in [-0.3, -0.25) is 9.59 Å². The van der Waals surface area contributed by atoms with Crippen LogP contribution in [-0.2, 0) is 11.2 Å². The molecular weight excluding hydrogens is 310 g/mol. The summed E-state index contributed by atoms with van der Waals surface area (Å²) in [6, 6.07) is 8.83. The van der Waals surface area contributed by atoms with Crippen LogP contribution in [0.2, 0.25) is 0 Å². The predicted molar refractivity (Wildman–Crippen MR) is 91.7 cm³/mol. The minimum atomic E-state index is -0.248. The van der Waals surface area contributed by atoms with Crippen LogP contribution in [0, 0.1) is 0 Å². The number of thiazole rings is 1. The first-order valence-corrected chi connectivity index (χ1v) is 8.48. The van der Waals surface area contributed by atoms with Crippen molar-refractivity contribution in [3.8, 4) is 0 Å². The van der Waals surface area contributed by atoms with Crippen LogP contribution in [0.5, 0.6) is 0 Å². The van der Waals surface area contributed by atoms with E-state index in [1.165, 1.54) is 0 Å². The van der Waals surface area contributed by atoms with Gasteiger partial charge in [-0.1, -0.05) is 32.0 Å². The largest absolute Gasteiger partial charge is 0.354 e. The van der Waals surface area contributed by atoms with E-state index < -0.39 is 0 Å². The summed E-state index contributed by atoms with van der Waals surface area (Å²) in [4.78, 5) is 28.1. The Morgan fingerprint density at radius 1 is 1.17 bits per heavy atom. The summed E-state index contributed by atoms with van der Waals surface area (Å²) in [5, 5.41) is 8.47. The average molecular weight is 331 g/mol. The Morgan fingerprint density at radius 2 is 1.91 bits per heavy atom. The van der Waals surface area contributed by atoms with E-state index in [1.807, 2.05) is 6.07 Å². The summed E-state index contributed by atoms with van der Waals surface area (Å²) in [6.07, 6.45) is 0.704. The third-order valence-corrected chi connectivity index (χ3v) is 4.19. The lowest BCUT2D eigenvalue weighted by atomic mass is 10.2. The molecule has 1 aromatic heterocycles. The number of nitrogens with zero attached hydrogens (tertiary/aromatic N) is 1. The topological polar surface area (TPSA) is 71.1 Å². The molecule has 5 nitrogen and oxygen atoms in total. The molecule has 6 heteroatoms. The van der Waals surface area contributed by atoms with Crippen molar-refractivity contribution < 1.29 is 9.59 Å². The van der Waals surface area contributed by atoms with Gasteiger partial charge in [0, 0.05) is 23.9 Å². The van der Waals surface area contributed by atoms with E-state index in [9.17, 15) is 9.59 Å². The van der Waals surface area contributed by atoms with Crippen LogP contribution in [0.15, 0.2) is 35.7 Å². The molecule has 0 aliphatic carbocycles. The third kappa shape index (κ3) is 5.49. The highest BCUT2D eigenvalue weighted by Crippen LogP contribution is 2.17. The summed E-state index contributed by atoms with van der Waals surface area (Å²) in [5.41, 5.74) is 1.63. The van der Waals surface area contributed by atoms with E-state index >= 15 is 0 Å². The quantitative estimate of drug-likeness (QED) is 0.818. The molecule has 2 amide bonds. The number of nitrogens with one attached hydrogen (secondary N) is 2. The van der Waals surface area contributed by atoms with Gasteiger partial charge in [0.2, 0.25) is 5.91 Å². The van der Waals surface area contributed by atoms with Gasteiger partial charge in [0.15, 0.2) is 0 Å². The smallest absolute Gasteiger partial charge is 0.251 e. The number of carbonyl (C=O) groups excluding carboxylic acids is 2. The van der Waals surface area contributed by atoms with Crippen molar-refractivity contribution >= 4 is 23.2 Å². The molecule has 2 N–H and O–H groups in total. The van der Waals surface area contributed by atoms with E-state index in [0.717, 1.165) is 10.7 Å². The Balaban J connectivity index is 1.68. The first-order chi connectivity index (χ1) is 11.1. The van der Waals surface area contributed by atoms with Gasteiger partial charge in [-0.05, 0) is 18.1 Å². The highest BCUT2D eigenvalue weighted by atomic mass is 32.1. The second-order valence-corrected chi connectivity index (χ2v) is 6.41. The van der Waals surface area contributed by atoms with Crippen molar-refractivity contribution in [3.05, 3.63) is 52.0 Å². The highest BCUT2D eigenvalue weighted by molar-refractivity contribution is 7.09. The number of benzene rings is 1. The summed E-state index contributed by atoms with van der Waals surface area (Å²) < 4.78 is 0. The minimum Gasteiger partial charge on any atom is -0.354 e. The molecule has 2 rings (SSSR count). The van der Waals surface area contributed by atoms with Crippen molar-refractivity contribution in [2.75, 3.05) is 13.1 Å². The number of carbonyl (C=O) groups is 2. The van der Waals surface area contributed by atoms with Crippen LogP contribution in [0.1, 0.15) is 40.8 Å². The number of hydrogen-bond acceptors (Lipinski definition) is 4. The van der Waals surface area contributed by atoms with Crippen molar-refractivity contribution in [1.29, 1.82) is 0 Å². The molecule has 1 heterocycles. The zero-order chi connectivity index (χ0) is 16.7. The molecule has 1 aromatic carbocycles. The van der Waals surface area contributed by atoms with Gasteiger partial charge in [0.05, 0.1) is 17.2 Å². The molecule has 0 fully saturated rings. The predicted octanol–water partition coefficient (Wildman–Crippen LogP) is 2.36. The van der Waals surface area contributed by atoms with Crippen molar-refractivity contribution in [1.82, 2.24) is 15.6 Å². The standard InChI is InChI=1S/C17H21N3O2S/c1-12(2)14-11-23-16(20-14)8-9-18-15(21)10-19-17(22)13-6-4-3-5-7-13/h3-7,11-12H,8-10H2,1-2H3,(H,18,21)(H,19,22). The number of aromatic nitrogens is 1. The minimum absolute atomic E-state index is 0.0250. The number of amides is 2. The van der Waals surface area contributed by atoms with Gasteiger partial charge in [0.1, 0.15) is 0 Å². The van der Waals surface area contributed by atoms with E-state index in [0.29, 0.717) is 24.4 Å².